The maximum atomic E-state index is 11.1. The minimum atomic E-state index is -1.96. The topological polar surface area (TPSA) is 91.8 Å². The van der Waals surface area contributed by atoms with E-state index in [1.807, 2.05) is 24.3 Å². The Morgan fingerprint density at radius 3 is 2.48 bits per heavy atom. The van der Waals surface area contributed by atoms with Gasteiger partial charge >= 0.3 is 0 Å². The second-order valence-electron chi connectivity index (χ2n) is 5.13. The van der Waals surface area contributed by atoms with E-state index in [9.17, 15) is 4.21 Å². The number of tetrazole rings is 1. The van der Waals surface area contributed by atoms with Crippen LogP contribution in [0, 0.1) is 0 Å². The van der Waals surface area contributed by atoms with Crippen molar-refractivity contribution in [2.24, 2.45) is 0 Å². The second kappa shape index (κ2) is 6.80. The van der Waals surface area contributed by atoms with Crippen LogP contribution in [-0.2, 0) is 17.5 Å². The maximum absolute atomic E-state index is 11.1. The summed E-state index contributed by atoms with van der Waals surface area (Å²) in [6.45, 7) is 2.13. The zero-order valence-electron chi connectivity index (χ0n) is 12.6. The first-order chi connectivity index (χ1) is 11.2. The fourth-order valence-corrected chi connectivity index (χ4v) is 2.86. The highest BCUT2D eigenvalue weighted by Crippen LogP contribution is 2.28. The number of rotatable bonds is 5. The van der Waals surface area contributed by atoms with Crippen molar-refractivity contribution < 1.29 is 8.76 Å². The standard InChI is InChI=1S/C16H16N4O2S/c1-2-3-12-4-5-13(10-15(12)16-17-19-20-18-16)11-6-8-14(9-7-11)23(21)22/h4-10H,2-3H2,1H3,(H,21,22)(H,17,18,19,20). The lowest BCUT2D eigenvalue weighted by atomic mass is 9.96. The number of aromatic nitrogens is 4. The number of nitrogens with zero attached hydrogens (tertiary/aromatic N) is 3. The molecule has 0 bridgehead atoms. The van der Waals surface area contributed by atoms with Gasteiger partial charge in [0.25, 0.3) is 0 Å². The normalized spacial score (nSPS) is 12.3. The molecule has 0 aliphatic carbocycles. The first-order valence-electron chi connectivity index (χ1n) is 7.27. The van der Waals surface area contributed by atoms with Crippen LogP contribution in [-0.4, -0.2) is 29.4 Å². The largest absolute Gasteiger partial charge is 0.302 e. The van der Waals surface area contributed by atoms with Crippen molar-refractivity contribution in [1.29, 1.82) is 0 Å². The highest BCUT2D eigenvalue weighted by molar-refractivity contribution is 7.79. The lowest BCUT2D eigenvalue weighted by molar-refractivity contribution is 0.564. The minimum absolute atomic E-state index is 0.384. The van der Waals surface area contributed by atoms with Crippen LogP contribution >= 0.6 is 0 Å². The van der Waals surface area contributed by atoms with Crippen molar-refractivity contribution in [1.82, 2.24) is 20.6 Å². The van der Waals surface area contributed by atoms with Crippen LogP contribution < -0.4 is 0 Å². The third kappa shape index (κ3) is 3.35. The van der Waals surface area contributed by atoms with Crippen LogP contribution in [0.4, 0.5) is 0 Å². The molecule has 0 saturated carbocycles. The molecule has 1 unspecified atom stereocenters. The zero-order chi connectivity index (χ0) is 16.2. The van der Waals surface area contributed by atoms with Gasteiger partial charge in [-0.15, -0.1) is 10.2 Å². The summed E-state index contributed by atoms with van der Waals surface area (Å²) in [6, 6.07) is 13.1. The van der Waals surface area contributed by atoms with Gasteiger partial charge in [-0.2, -0.15) is 5.21 Å². The highest BCUT2D eigenvalue weighted by atomic mass is 32.2. The Bertz CT molecular complexity index is 817. The van der Waals surface area contributed by atoms with Gasteiger partial charge in [-0.05, 0) is 46.5 Å². The molecule has 0 radical (unpaired) electrons. The summed E-state index contributed by atoms with van der Waals surface area (Å²) in [5.41, 5.74) is 4.09. The Balaban J connectivity index is 2.03. The number of nitrogens with one attached hydrogen (secondary N) is 1. The summed E-state index contributed by atoms with van der Waals surface area (Å²) < 4.78 is 20.2. The molecule has 7 heteroatoms. The van der Waals surface area contributed by atoms with Crippen molar-refractivity contribution in [3.63, 3.8) is 0 Å². The summed E-state index contributed by atoms with van der Waals surface area (Å²) >= 11 is -1.96. The minimum Gasteiger partial charge on any atom is -0.302 e. The molecule has 0 fully saturated rings. The third-order valence-electron chi connectivity index (χ3n) is 3.60. The summed E-state index contributed by atoms with van der Waals surface area (Å²) in [5, 5.41) is 14.3. The average molecular weight is 328 g/mol. The van der Waals surface area contributed by atoms with E-state index in [0.717, 1.165) is 29.5 Å². The molecule has 118 valence electrons. The smallest absolute Gasteiger partial charge is 0.204 e. The quantitative estimate of drug-likeness (QED) is 0.702. The van der Waals surface area contributed by atoms with Gasteiger partial charge in [-0.25, -0.2) is 4.21 Å². The van der Waals surface area contributed by atoms with Gasteiger partial charge in [0, 0.05) is 5.56 Å². The van der Waals surface area contributed by atoms with E-state index in [1.165, 1.54) is 5.56 Å². The van der Waals surface area contributed by atoms with Crippen molar-refractivity contribution in [3.05, 3.63) is 48.0 Å². The molecule has 3 rings (SSSR count). The Morgan fingerprint density at radius 1 is 1.13 bits per heavy atom. The molecule has 0 spiro atoms. The van der Waals surface area contributed by atoms with Crippen LogP contribution in [0.1, 0.15) is 18.9 Å². The van der Waals surface area contributed by atoms with Crippen LogP contribution in [0.5, 0.6) is 0 Å². The van der Waals surface area contributed by atoms with Gasteiger partial charge in [-0.3, -0.25) is 0 Å². The molecule has 6 nitrogen and oxygen atoms in total. The molecule has 1 atom stereocenters. The van der Waals surface area contributed by atoms with E-state index in [2.05, 4.69) is 33.6 Å². The molecule has 2 N–H and O–H groups in total. The van der Waals surface area contributed by atoms with Crippen LogP contribution in [0.3, 0.4) is 0 Å². The zero-order valence-corrected chi connectivity index (χ0v) is 13.4. The number of H-pyrrole nitrogens is 1. The lowest BCUT2D eigenvalue weighted by Gasteiger charge is -2.09. The first-order valence-corrected chi connectivity index (χ1v) is 8.37. The third-order valence-corrected chi connectivity index (χ3v) is 4.28. The van der Waals surface area contributed by atoms with Crippen molar-refractivity contribution >= 4 is 11.1 Å². The molecular formula is C16H16N4O2S. The highest BCUT2D eigenvalue weighted by Gasteiger charge is 2.11. The van der Waals surface area contributed by atoms with Gasteiger partial charge < -0.3 is 4.55 Å². The van der Waals surface area contributed by atoms with E-state index < -0.39 is 11.1 Å². The predicted molar refractivity (Wildman–Crippen MR) is 88.1 cm³/mol. The van der Waals surface area contributed by atoms with Crippen molar-refractivity contribution in [2.75, 3.05) is 0 Å². The summed E-state index contributed by atoms with van der Waals surface area (Å²) in [5.74, 6) is 0.573. The summed E-state index contributed by atoms with van der Waals surface area (Å²) in [6.07, 6.45) is 1.97. The fourth-order valence-electron chi connectivity index (χ4n) is 2.49. The van der Waals surface area contributed by atoms with Crippen LogP contribution in [0.2, 0.25) is 0 Å². The molecule has 0 amide bonds. The van der Waals surface area contributed by atoms with Gasteiger partial charge in [-0.1, -0.05) is 37.6 Å². The number of aromatic amines is 1. The van der Waals surface area contributed by atoms with Gasteiger partial charge in [0.2, 0.25) is 5.82 Å². The van der Waals surface area contributed by atoms with E-state index in [1.54, 1.807) is 12.1 Å². The van der Waals surface area contributed by atoms with E-state index in [0.29, 0.717) is 10.7 Å². The Morgan fingerprint density at radius 2 is 1.87 bits per heavy atom. The molecule has 1 aromatic heterocycles. The molecule has 0 aliphatic heterocycles. The SMILES string of the molecule is CCCc1ccc(-c2ccc(S(=O)O)cc2)cc1-c1nn[nH]n1. The molecular weight excluding hydrogens is 312 g/mol. The van der Waals surface area contributed by atoms with Crippen molar-refractivity contribution in [3.8, 4) is 22.5 Å². The Hall–Kier alpha value is -2.38. The molecule has 0 saturated heterocycles. The number of hydrogen-bond donors (Lipinski definition) is 2. The number of benzene rings is 2. The Kier molecular flexibility index (Phi) is 4.59. The van der Waals surface area contributed by atoms with Gasteiger partial charge in [0.1, 0.15) is 0 Å². The average Bonchev–Trinajstić information content (AvgIpc) is 3.10. The monoisotopic (exact) mass is 328 g/mol. The number of hydrogen-bond acceptors (Lipinski definition) is 4. The van der Waals surface area contributed by atoms with Crippen LogP contribution in [0.15, 0.2) is 47.4 Å². The molecule has 2 aromatic carbocycles. The second-order valence-corrected chi connectivity index (χ2v) is 6.10. The van der Waals surface area contributed by atoms with Gasteiger partial charge in [0.05, 0.1) is 4.90 Å². The van der Waals surface area contributed by atoms with Gasteiger partial charge in [0.15, 0.2) is 11.1 Å². The van der Waals surface area contributed by atoms with E-state index >= 15 is 0 Å². The van der Waals surface area contributed by atoms with Crippen molar-refractivity contribution in [2.45, 2.75) is 24.7 Å². The summed E-state index contributed by atoms with van der Waals surface area (Å²) in [4.78, 5) is 0.384. The van der Waals surface area contributed by atoms with Crippen LogP contribution in [0.25, 0.3) is 22.5 Å². The lowest BCUT2D eigenvalue weighted by Crippen LogP contribution is -1.93. The molecule has 3 aromatic rings. The van der Waals surface area contributed by atoms with E-state index in [4.69, 9.17) is 4.55 Å². The molecule has 0 aliphatic rings. The number of aryl methyl sites for hydroxylation is 1. The maximum Gasteiger partial charge on any atom is 0.204 e. The summed E-state index contributed by atoms with van der Waals surface area (Å²) in [7, 11) is 0. The molecule has 23 heavy (non-hydrogen) atoms. The Labute approximate surface area is 136 Å². The first kappa shape index (κ1) is 15.5. The van der Waals surface area contributed by atoms with E-state index in [-0.39, 0.29) is 0 Å². The predicted octanol–water partition coefficient (Wildman–Crippen LogP) is 3.07. The molecule has 1 heterocycles. The fraction of sp³-hybridized carbons (Fsp3) is 0.188.